The first-order chi connectivity index (χ1) is 24.5. The largest absolute Gasteiger partial charge is 0.401 e. The highest BCUT2D eigenvalue weighted by Crippen LogP contribution is 2.51. The third-order valence-corrected chi connectivity index (χ3v) is 10.8. The van der Waals surface area contributed by atoms with Gasteiger partial charge < -0.3 is 10.3 Å². The Morgan fingerprint density at radius 2 is 1.26 bits per heavy atom. The number of rotatable bonds is 6. The van der Waals surface area contributed by atoms with Gasteiger partial charge in [0.15, 0.2) is 0 Å². The van der Waals surface area contributed by atoms with Crippen LogP contribution in [0.15, 0.2) is 168 Å². The van der Waals surface area contributed by atoms with Gasteiger partial charge in [0.05, 0.1) is 16.7 Å². The molecule has 0 unspecified atom stereocenters. The molecule has 0 bridgehead atoms. The molecule has 0 atom stereocenters. The van der Waals surface area contributed by atoms with Crippen molar-refractivity contribution in [3.05, 3.63) is 180 Å². The van der Waals surface area contributed by atoms with Gasteiger partial charge in [-0.15, -0.1) is 0 Å². The molecule has 0 saturated carbocycles. The van der Waals surface area contributed by atoms with Gasteiger partial charge in [-0.2, -0.15) is 0 Å². The molecule has 7 aromatic rings. The SMILES string of the molecule is CC1(C)c2cc(-c3ccccc3)ccc2-c2cc3c(cc21)c1ccc(-c2ccccc2)cc1n3CN=C(C1=C(N)CCC=C1)c1ccccc1. The lowest BCUT2D eigenvalue weighted by molar-refractivity contribution is 0.661. The summed E-state index contributed by atoms with van der Waals surface area (Å²) in [6, 6.07) is 50.6. The fraction of sp³-hybridized carbons (Fsp3) is 0.128. The molecule has 2 aliphatic carbocycles. The summed E-state index contributed by atoms with van der Waals surface area (Å²) in [6.07, 6.45) is 6.17. The molecule has 50 heavy (non-hydrogen) atoms. The van der Waals surface area contributed by atoms with Crippen LogP contribution in [-0.4, -0.2) is 10.3 Å². The summed E-state index contributed by atoms with van der Waals surface area (Å²) >= 11 is 0. The second-order valence-corrected chi connectivity index (χ2v) is 14.1. The predicted molar refractivity (Wildman–Crippen MR) is 210 cm³/mol. The van der Waals surface area contributed by atoms with Crippen LogP contribution in [0.2, 0.25) is 0 Å². The maximum atomic E-state index is 6.65. The first-order valence-corrected chi connectivity index (χ1v) is 17.6. The quantitative estimate of drug-likeness (QED) is 0.180. The first-order valence-electron chi connectivity index (χ1n) is 17.6. The van der Waals surface area contributed by atoms with Gasteiger partial charge in [-0.05, 0) is 81.6 Å². The lowest BCUT2D eigenvalue weighted by atomic mass is 9.81. The van der Waals surface area contributed by atoms with Gasteiger partial charge in [-0.1, -0.05) is 141 Å². The van der Waals surface area contributed by atoms with Crippen LogP contribution in [-0.2, 0) is 12.1 Å². The maximum absolute atomic E-state index is 6.65. The van der Waals surface area contributed by atoms with Crippen LogP contribution < -0.4 is 5.73 Å². The van der Waals surface area contributed by atoms with Crippen molar-refractivity contribution in [2.75, 3.05) is 0 Å². The third kappa shape index (κ3) is 4.92. The van der Waals surface area contributed by atoms with Crippen molar-refractivity contribution in [1.82, 2.24) is 4.57 Å². The van der Waals surface area contributed by atoms with Gasteiger partial charge in [0.1, 0.15) is 6.67 Å². The van der Waals surface area contributed by atoms with Crippen molar-refractivity contribution in [1.29, 1.82) is 0 Å². The van der Waals surface area contributed by atoms with Crippen LogP contribution in [0.3, 0.4) is 0 Å². The average molecular weight is 646 g/mol. The molecule has 9 rings (SSSR count). The third-order valence-electron chi connectivity index (χ3n) is 10.8. The van der Waals surface area contributed by atoms with E-state index in [0.717, 1.165) is 35.4 Å². The van der Waals surface area contributed by atoms with Gasteiger partial charge in [-0.25, -0.2) is 0 Å². The zero-order chi connectivity index (χ0) is 33.8. The molecule has 0 fully saturated rings. The van der Waals surface area contributed by atoms with E-state index in [4.69, 9.17) is 10.7 Å². The molecule has 1 heterocycles. The summed E-state index contributed by atoms with van der Waals surface area (Å²) in [5.74, 6) is 0. The number of aliphatic imine (C=N–C) groups is 1. The Balaban J connectivity index is 1.27. The fourth-order valence-corrected chi connectivity index (χ4v) is 8.08. The van der Waals surface area contributed by atoms with Crippen molar-refractivity contribution in [3.8, 4) is 33.4 Å². The summed E-state index contributed by atoms with van der Waals surface area (Å²) in [7, 11) is 0. The van der Waals surface area contributed by atoms with Gasteiger partial charge in [-0.3, -0.25) is 4.99 Å². The number of benzene rings is 6. The standard InChI is InChI=1S/C47H39N3/c1-47(2)41-26-34(31-14-6-3-7-15-31)22-24-36(41)39-29-45-40(28-42(39)47)37-25-23-35(32-16-8-4-9-17-32)27-44(37)50(45)30-49-46(33-18-10-5-11-19-33)38-20-12-13-21-43(38)48/h3-12,14-20,22-29H,13,21,30,48H2,1-2H3. The Hall–Kier alpha value is -5.93. The minimum absolute atomic E-state index is 0.141. The second-order valence-electron chi connectivity index (χ2n) is 14.1. The maximum Gasteiger partial charge on any atom is 0.115 e. The van der Waals surface area contributed by atoms with E-state index < -0.39 is 0 Å². The summed E-state index contributed by atoms with van der Waals surface area (Å²) in [6.45, 7) is 5.21. The Kier molecular flexibility index (Phi) is 7.17. The minimum atomic E-state index is -0.141. The van der Waals surface area contributed by atoms with Crippen LogP contribution in [0.1, 0.15) is 43.4 Å². The second kappa shape index (κ2) is 11.9. The molecule has 3 nitrogen and oxygen atoms in total. The van der Waals surface area contributed by atoms with Crippen LogP contribution in [0.5, 0.6) is 0 Å². The zero-order valence-corrected chi connectivity index (χ0v) is 28.5. The summed E-state index contributed by atoms with van der Waals surface area (Å²) in [5.41, 5.74) is 23.1. The first kappa shape index (κ1) is 30.2. The number of nitrogens with two attached hydrogens (primary N) is 1. The van der Waals surface area contributed by atoms with Crippen molar-refractivity contribution >= 4 is 27.5 Å². The Labute approximate surface area is 293 Å². The van der Waals surface area contributed by atoms with Crippen LogP contribution in [0, 0.1) is 0 Å². The number of nitrogens with zero attached hydrogens (tertiary/aromatic N) is 2. The molecule has 3 heteroatoms. The van der Waals surface area contributed by atoms with E-state index in [0.29, 0.717) is 6.67 Å². The van der Waals surface area contributed by atoms with E-state index in [-0.39, 0.29) is 5.41 Å². The molecule has 6 aromatic carbocycles. The molecule has 0 spiro atoms. The van der Waals surface area contributed by atoms with Gasteiger partial charge in [0.25, 0.3) is 0 Å². The molecule has 0 radical (unpaired) electrons. The molecule has 242 valence electrons. The molecule has 0 saturated heterocycles. The summed E-state index contributed by atoms with van der Waals surface area (Å²) in [5, 5.41) is 2.50. The summed E-state index contributed by atoms with van der Waals surface area (Å²) in [4.78, 5) is 5.42. The van der Waals surface area contributed by atoms with E-state index in [1.165, 1.54) is 66.3 Å². The number of fused-ring (bicyclic) bond motifs is 6. The van der Waals surface area contributed by atoms with Gasteiger partial charge >= 0.3 is 0 Å². The summed E-state index contributed by atoms with van der Waals surface area (Å²) < 4.78 is 2.41. The topological polar surface area (TPSA) is 43.3 Å². The van der Waals surface area contributed by atoms with E-state index in [1.807, 2.05) is 0 Å². The monoisotopic (exact) mass is 645 g/mol. The Morgan fingerprint density at radius 3 is 1.96 bits per heavy atom. The smallest absolute Gasteiger partial charge is 0.115 e. The van der Waals surface area contributed by atoms with E-state index >= 15 is 0 Å². The van der Waals surface area contributed by atoms with Crippen molar-refractivity contribution in [2.24, 2.45) is 10.7 Å². The number of aromatic nitrogens is 1. The molecular weight excluding hydrogens is 607 g/mol. The number of allylic oxidation sites excluding steroid dienone is 4. The van der Waals surface area contributed by atoms with Crippen molar-refractivity contribution < 1.29 is 0 Å². The van der Waals surface area contributed by atoms with Crippen LogP contribution in [0.25, 0.3) is 55.2 Å². The highest BCUT2D eigenvalue weighted by atomic mass is 15.1. The molecule has 0 aliphatic heterocycles. The van der Waals surface area contributed by atoms with Gasteiger partial charge in [0.2, 0.25) is 0 Å². The predicted octanol–water partition coefficient (Wildman–Crippen LogP) is 11.4. The van der Waals surface area contributed by atoms with Crippen LogP contribution in [0.4, 0.5) is 0 Å². The zero-order valence-electron chi connectivity index (χ0n) is 28.5. The number of hydrogen-bond donors (Lipinski definition) is 1. The Morgan fingerprint density at radius 1 is 0.640 bits per heavy atom. The van der Waals surface area contributed by atoms with Crippen molar-refractivity contribution in [3.63, 3.8) is 0 Å². The average Bonchev–Trinajstić information content (AvgIpc) is 3.59. The highest BCUT2D eigenvalue weighted by Gasteiger charge is 2.36. The van der Waals surface area contributed by atoms with Gasteiger partial charge in [0, 0.05) is 33.0 Å². The normalized spacial score (nSPS) is 15.1. The lowest BCUT2D eigenvalue weighted by Gasteiger charge is -2.22. The fourth-order valence-electron chi connectivity index (χ4n) is 8.08. The lowest BCUT2D eigenvalue weighted by Crippen LogP contribution is -2.15. The van der Waals surface area contributed by atoms with E-state index in [2.05, 4.69) is 170 Å². The molecular formula is C47H39N3. The molecule has 0 amide bonds. The Bertz CT molecular complexity index is 2510. The molecule has 2 N–H and O–H groups in total. The highest BCUT2D eigenvalue weighted by molar-refractivity contribution is 6.15. The molecule has 1 aromatic heterocycles. The van der Waals surface area contributed by atoms with Crippen LogP contribution >= 0.6 is 0 Å². The number of hydrogen-bond acceptors (Lipinski definition) is 2. The van der Waals surface area contributed by atoms with E-state index in [9.17, 15) is 0 Å². The van der Waals surface area contributed by atoms with E-state index in [1.54, 1.807) is 0 Å². The molecule has 2 aliphatic rings. The minimum Gasteiger partial charge on any atom is -0.401 e. The van der Waals surface area contributed by atoms with Crippen molar-refractivity contribution in [2.45, 2.75) is 38.8 Å².